The fourth-order valence-electron chi connectivity index (χ4n) is 2.51. The molecule has 2 rings (SSSR count). The van der Waals surface area contributed by atoms with Crippen molar-refractivity contribution in [3.63, 3.8) is 0 Å². The molecule has 1 aromatic heterocycles. The number of nitrogens with one attached hydrogen (secondary N) is 1. The molecule has 20 heavy (non-hydrogen) atoms. The van der Waals surface area contributed by atoms with Gasteiger partial charge in [0.25, 0.3) is 0 Å². The van der Waals surface area contributed by atoms with Gasteiger partial charge in [-0.1, -0.05) is 13.8 Å². The topological polar surface area (TPSA) is 66.4 Å². The van der Waals surface area contributed by atoms with Gasteiger partial charge in [-0.05, 0) is 42.7 Å². The summed E-state index contributed by atoms with van der Waals surface area (Å²) in [6.45, 7) is 5.96. The van der Waals surface area contributed by atoms with Crippen molar-refractivity contribution in [1.82, 2.24) is 5.32 Å². The second-order valence-electron chi connectivity index (χ2n) is 5.95. The monoisotopic (exact) mass is 295 g/mol. The van der Waals surface area contributed by atoms with Crippen molar-refractivity contribution in [1.29, 1.82) is 0 Å². The van der Waals surface area contributed by atoms with Crippen molar-refractivity contribution < 1.29 is 14.7 Å². The average molecular weight is 295 g/mol. The molecule has 1 saturated carbocycles. The molecule has 0 bridgehead atoms. The zero-order valence-corrected chi connectivity index (χ0v) is 12.9. The Bertz CT molecular complexity index is 509. The third-order valence-electron chi connectivity index (χ3n) is 3.69. The zero-order valence-electron chi connectivity index (χ0n) is 12.1. The van der Waals surface area contributed by atoms with Crippen LogP contribution in [0.2, 0.25) is 0 Å². The number of carbonyl (C=O) groups is 2. The Kier molecular flexibility index (Phi) is 4.48. The summed E-state index contributed by atoms with van der Waals surface area (Å²) in [5, 5.41) is 13.9. The molecule has 0 saturated heterocycles. The van der Waals surface area contributed by atoms with Gasteiger partial charge in [0, 0.05) is 16.7 Å². The maximum absolute atomic E-state index is 12.1. The summed E-state index contributed by atoms with van der Waals surface area (Å²) in [4.78, 5) is 24.6. The van der Waals surface area contributed by atoms with Crippen LogP contribution in [0.1, 0.15) is 43.0 Å². The van der Waals surface area contributed by atoms with Crippen LogP contribution in [0.25, 0.3) is 0 Å². The molecular weight excluding hydrogens is 274 g/mol. The highest BCUT2D eigenvalue weighted by Crippen LogP contribution is 2.50. The molecular formula is C15H21NO3S. The number of hydrogen-bond acceptors (Lipinski definition) is 3. The summed E-state index contributed by atoms with van der Waals surface area (Å²) < 4.78 is 0. The summed E-state index contributed by atoms with van der Waals surface area (Å²) >= 11 is 1.68. The molecule has 1 aliphatic rings. The molecule has 1 fully saturated rings. The highest BCUT2D eigenvalue weighted by molar-refractivity contribution is 7.10. The van der Waals surface area contributed by atoms with Gasteiger partial charge < -0.3 is 10.4 Å². The Balaban J connectivity index is 1.93. The Labute approximate surface area is 123 Å². The lowest BCUT2D eigenvalue weighted by Gasteiger charge is -2.16. The maximum atomic E-state index is 12.1. The summed E-state index contributed by atoms with van der Waals surface area (Å²) in [5.74, 6) is -0.594. The van der Waals surface area contributed by atoms with Crippen molar-refractivity contribution in [3.8, 4) is 0 Å². The summed E-state index contributed by atoms with van der Waals surface area (Å²) in [7, 11) is 0. The summed E-state index contributed by atoms with van der Waals surface area (Å²) in [6.07, 6.45) is 1.30. The molecule has 2 unspecified atom stereocenters. The minimum absolute atomic E-state index is 0.0543. The predicted octanol–water partition coefficient (Wildman–Crippen LogP) is 2.78. The predicted molar refractivity (Wildman–Crippen MR) is 78.9 cm³/mol. The lowest BCUT2D eigenvalue weighted by Crippen LogP contribution is -2.42. The van der Waals surface area contributed by atoms with E-state index in [0.29, 0.717) is 6.42 Å². The van der Waals surface area contributed by atoms with Gasteiger partial charge in [0.05, 0.1) is 0 Å². The molecule has 1 aliphatic carbocycles. The number of thiophene rings is 1. The Morgan fingerprint density at radius 2 is 2.20 bits per heavy atom. The number of carboxylic acid groups (broad SMARTS) is 1. The van der Waals surface area contributed by atoms with E-state index in [0.717, 1.165) is 6.42 Å². The van der Waals surface area contributed by atoms with Gasteiger partial charge >= 0.3 is 5.97 Å². The first-order valence-corrected chi connectivity index (χ1v) is 7.85. The number of rotatable bonds is 6. The molecule has 110 valence electrons. The number of amides is 1. The smallest absolute Gasteiger partial charge is 0.326 e. The van der Waals surface area contributed by atoms with Crippen molar-refractivity contribution in [2.24, 2.45) is 11.8 Å². The van der Waals surface area contributed by atoms with E-state index in [2.05, 4.69) is 18.3 Å². The Morgan fingerprint density at radius 3 is 2.70 bits per heavy atom. The SMILES string of the molecule is Cc1ccsc1C1CC1C(=O)N[C@H](CC(C)C)C(=O)O. The minimum atomic E-state index is -0.948. The second kappa shape index (κ2) is 5.95. The van der Waals surface area contributed by atoms with E-state index >= 15 is 0 Å². The fraction of sp³-hybridized carbons (Fsp3) is 0.600. The van der Waals surface area contributed by atoms with E-state index in [9.17, 15) is 9.59 Å². The molecule has 1 heterocycles. The zero-order chi connectivity index (χ0) is 14.9. The van der Waals surface area contributed by atoms with E-state index in [1.807, 2.05) is 19.2 Å². The number of aliphatic carboxylic acids is 1. The standard InChI is InChI=1S/C15H21NO3S/c1-8(2)6-12(15(18)19)16-14(17)11-7-10(11)13-9(3)4-5-20-13/h4-5,8,10-12H,6-7H2,1-3H3,(H,16,17)(H,18,19)/t10?,11?,12-/m1/s1. The lowest BCUT2D eigenvalue weighted by atomic mass is 10.0. The first kappa shape index (κ1) is 15.0. The first-order valence-electron chi connectivity index (χ1n) is 6.97. The van der Waals surface area contributed by atoms with Crippen LogP contribution < -0.4 is 5.32 Å². The molecule has 1 amide bonds. The first-order chi connectivity index (χ1) is 9.40. The molecule has 2 N–H and O–H groups in total. The molecule has 5 heteroatoms. The van der Waals surface area contributed by atoms with Gasteiger partial charge in [0.1, 0.15) is 6.04 Å². The second-order valence-corrected chi connectivity index (χ2v) is 6.89. The van der Waals surface area contributed by atoms with Gasteiger partial charge in [0.15, 0.2) is 0 Å². The summed E-state index contributed by atoms with van der Waals surface area (Å²) in [5.41, 5.74) is 1.23. The third-order valence-corrected chi connectivity index (χ3v) is 4.84. The van der Waals surface area contributed by atoms with Gasteiger partial charge in [-0.25, -0.2) is 4.79 Å². The van der Waals surface area contributed by atoms with Gasteiger partial charge in [-0.2, -0.15) is 0 Å². The molecule has 0 radical (unpaired) electrons. The van der Waals surface area contributed by atoms with Crippen molar-refractivity contribution in [3.05, 3.63) is 21.9 Å². The quantitative estimate of drug-likeness (QED) is 0.848. The normalized spacial score (nSPS) is 22.6. The molecule has 0 aromatic carbocycles. The minimum Gasteiger partial charge on any atom is -0.480 e. The van der Waals surface area contributed by atoms with E-state index in [1.54, 1.807) is 11.3 Å². The van der Waals surface area contributed by atoms with Crippen LogP contribution in [0.15, 0.2) is 11.4 Å². The van der Waals surface area contributed by atoms with Crippen LogP contribution in [0.4, 0.5) is 0 Å². The van der Waals surface area contributed by atoms with Crippen LogP contribution in [0.5, 0.6) is 0 Å². The average Bonchev–Trinajstić information content (AvgIpc) is 3.03. The van der Waals surface area contributed by atoms with E-state index in [4.69, 9.17) is 5.11 Å². The number of hydrogen-bond donors (Lipinski definition) is 2. The van der Waals surface area contributed by atoms with E-state index < -0.39 is 12.0 Å². The van der Waals surface area contributed by atoms with Crippen molar-refractivity contribution >= 4 is 23.2 Å². The molecule has 0 aliphatic heterocycles. The number of carboxylic acids is 1. The van der Waals surface area contributed by atoms with Gasteiger partial charge in [0.2, 0.25) is 5.91 Å². The van der Waals surface area contributed by atoms with Crippen LogP contribution in [0, 0.1) is 18.8 Å². The molecule has 4 nitrogen and oxygen atoms in total. The third kappa shape index (κ3) is 3.39. The van der Waals surface area contributed by atoms with Crippen LogP contribution in [-0.4, -0.2) is 23.0 Å². The van der Waals surface area contributed by atoms with E-state index in [-0.39, 0.29) is 23.7 Å². The van der Waals surface area contributed by atoms with E-state index in [1.165, 1.54) is 10.4 Å². The van der Waals surface area contributed by atoms with Crippen molar-refractivity contribution in [2.45, 2.75) is 45.6 Å². The highest BCUT2D eigenvalue weighted by Gasteiger charge is 2.46. The van der Waals surface area contributed by atoms with Crippen LogP contribution in [-0.2, 0) is 9.59 Å². The van der Waals surface area contributed by atoms with Gasteiger partial charge in [-0.3, -0.25) is 4.79 Å². The van der Waals surface area contributed by atoms with Gasteiger partial charge in [-0.15, -0.1) is 11.3 Å². The largest absolute Gasteiger partial charge is 0.480 e. The number of aryl methyl sites for hydroxylation is 1. The number of carbonyl (C=O) groups excluding carboxylic acids is 1. The Hall–Kier alpha value is -1.36. The molecule has 3 atom stereocenters. The highest BCUT2D eigenvalue weighted by atomic mass is 32.1. The van der Waals surface area contributed by atoms with Crippen LogP contribution in [0.3, 0.4) is 0 Å². The maximum Gasteiger partial charge on any atom is 0.326 e. The lowest BCUT2D eigenvalue weighted by molar-refractivity contribution is -0.142. The summed E-state index contributed by atoms with van der Waals surface area (Å²) in [6, 6.07) is 1.29. The van der Waals surface area contributed by atoms with Crippen LogP contribution >= 0.6 is 11.3 Å². The Morgan fingerprint density at radius 1 is 1.50 bits per heavy atom. The molecule has 1 aromatic rings. The molecule has 0 spiro atoms. The van der Waals surface area contributed by atoms with Crippen molar-refractivity contribution in [2.75, 3.05) is 0 Å². The fourth-order valence-corrected chi connectivity index (χ4v) is 3.62.